The highest BCUT2D eigenvalue weighted by atomic mass is 16.2. The van der Waals surface area contributed by atoms with Crippen LogP contribution in [0.1, 0.15) is 24.5 Å². The van der Waals surface area contributed by atoms with Gasteiger partial charge in [0.15, 0.2) is 0 Å². The molecule has 2 rings (SSSR count). The van der Waals surface area contributed by atoms with Gasteiger partial charge in [0.05, 0.1) is 6.20 Å². The molecule has 1 aromatic carbocycles. The van der Waals surface area contributed by atoms with Gasteiger partial charge in [0.2, 0.25) is 11.8 Å². The number of hydrogen-bond acceptors (Lipinski definition) is 3. The Morgan fingerprint density at radius 2 is 2.09 bits per heavy atom. The Morgan fingerprint density at radius 3 is 2.74 bits per heavy atom. The van der Waals surface area contributed by atoms with E-state index in [1.165, 1.54) is 6.08 Å². The van der Waals surface area contributed by atoms with Crippen LogP contribution in [0.25, 0.3) is 6.08 Å². The summed E-state index contributed by atoms with van der Waals surface area (Å²) in [4.78, 5) is 23.5. The molecule has 2 aromatic rings. The van der Waals surface area contributed by atoms with Gasteiger partial charge in [-0.15, -0.1) is 0 Å². The summed E-state index contributed by atoms with van der Waals surface area (Å²) < 4.78 is 1.67. The molecule has 2 amide bonds. The number of aromatic nitrogens is 2. The van der Waals surface area contributed by atoms with Crippen molar-refractivity contribution in [2.45, 2.75) is 20.3 Å². The van der Waals surface area contributed by atoms with Crippen LogP contribution in [-0.2, 0) is 16.6 Å². The minimum atomic E-state index is -0.240. The van der Waals surface area contributed by atoms with Gasteiger partial charge in [-0.1, -0.05) is 13.0 Å². The Balaban J connectivity index is 2.06. The fourth-order valence-electron chi connectivity index (χ4n) is 1.96. The number of nitrogens with zero attached hydrogens (tertiary/aromatic N) is 2. The van der Waals surface area contributed by atoms with E-state index in [-0.39, 0.29) is 11.8 Å². The van der Waals surface area contributed by atoms with Crippen molar-refractivity contribution in [3.05, 3.63) is 47.8 Å². The Hall–Kier alpha value is -2.89. The summed E-state index contributed by atoms with van der Waals surface area (Å²) in [5.74, 6) is -0.307. The number of aryl methyl sites for hydroxylation is 2. The van der Waals surface area contributed by atoms with Gasteiger partial charge in [-0.05, 0) is 30.7 Å². The summed E-state index contributed by atoms with van der Waals surface area (Å²) in [7, 11) is 1.82. The van der Waals surface area contributed by atoms with E-state index in [0.717, 1.165) is 11.1 Å². The van der Waals surface area contributed by atoms with Gasteiger partial charge in [-0.25, -0.2) is 0 Å². The van der Waals surface area contributed by atoms with Crippen molar-refractivity contribution >= 4 is 29.3 Å². The number of rotatable bonds is 5. The molecule has 0 radical (unpaired) electrons. The predicted octanol–water partition coefficient (Wildman–Crippen LogP) is 2.73. The maximum absolute atomic E-state index is 12.0. The van der Waals surface area contributed by atoms with Crippen molar-refractivity contribution in [1.29, 1.82) is 0 Å². The number of benzene rings is 1. The highest BCUT2D eigenvalue weighted by molar-refractivity contribution is 6.03. The van der Waals surface area contributed by atoms with Gasteiger partial charge < -0.3 is 10.6 Å². The Morgan fingerprint density at radius 1 is 1.30 bits per heavy atom. The van der Waals surface area contributed by atoms with Crippen LogP contribution in [-0.4, -0.2) is 21.6 Å². The largest absolute Gasteiger partial charge is 0.326 e. The van der Waals surface area contributed by atoms with Gasteiger partial charge in [0.1, 0.15) is 0 Å². The molecule has 0 atom stereocenters. The lowest BCUT2D eigenvalue weighted by molar-refractivity contribution is -0.116. The molecule has 0 aliphatic heterocycles. The molecule has 0 fully saturated rings. The molecule has 1 aromatic heterocycles. The first-order valence-electron chi connectivity index (χ1n) is 7.36. The first kappa shape index (κ1) is 16.5. The Bertz CT molecular complexity index is 747. The highest BCUT2D eigenvalue weighted by Crippen LogP contribution is 2.20. The van der Waals surface area contributed by atoms with Crippen molar-refractivity contribution in [2.24, 2.45) is 7.05 Å². The molecule has 23 heavy (non-hydrogen) atoms. The summed E-state index contributed by atoms with van der Waals surface area (Å²) in [6.45, 7) is 3.68. The maximum atomic E-state index is 12.0. The monoisotopic (exact) mass is 312 g/mol. The van der Waals surface area contributed by atoms with Crippen LogP contribution in [0, 0.1) is 6.92 Å². The third-order valence-electron chi connectivity index (χ3n) is 3.25. The lowest BCUT2D eigenvalue weighted by Crippen LogP contribution is -2.12. The van der Waals surface area contributed by atoms with Crippen LogP contribution in [0.15, 0.2) is 36.7 Å². The third kappa shape index (κ3) is 4.81. The molecule has 6 nitrogen and oxygen atoms in total. The van der Waals surface area contributed by atoms with E-state index in [2.05, 4.69) is 15.7 Å². The van der Waals surface area contributed by atoms with Crippen molar-refractivity contribution in [3.63, 3.8) is 0 Å². The second kappa shape index (κ2) is 7.40. The van der Waals surface area contributed by atoms with Crippen molar-refractivity contribution in [3.8, 4) is 0 Å². The molecule has 1 heterocycles. The van der Waals surface area contributed by atoms with Crippen LogP contribution in [0.5, 0.6) is 0 Å². The van der Waals surface area contributed by atoms with Gasteiger partial charge >= 0.3 is 0 Å². The lowest BCUT2D eigenvalue weighted by atomic mass is 10.1. The van der Waals surface area contributed by atoms with Crippen LogP contribution in [0.2, 0.25) is 0 Å². The second-order valence-electron chi connectivity index (χ2n) is 5.20. The van der Waals surface area contributed by atoms with E-state index in [9.17, 15) is 9.59 Å². The maximum Gasteiger partial charge on any atom is 0.248 e. The fourth-order valence-corrected chi connectivity index (χ4v) is 1.96. The van der Waals surface area contributed by atoms with Crippen LogP contribution >= 0.6 is 0 Å². The first-order chi connectivity index (χ1) is 11.0. The molecular formula is C17H20N4O2. The lowest BCUT2D eigenvalue weighted by Gasteiger charge is -2.10. The van der Waals surface area contributed by atoms with Crippen LogP contribution in [0.3, 0.4) is 0 Å². The Labute approximate surface area is 135 Å². The van der Waals surface area contributed by atoms with Crippen molar-refractivity contribution in [1.82, 2.24) is 9.78 Å². The van der Waals surface area contributed by atoms with Gasteiger partial charge in [-0.2, -0.15) is 5.10 Å². The summed E-state index contributed by atoms with van der Waals surface area (Å²) in [6.07, 6.45) is 7.05. The standard InChI is InChI=1S/C17H20N4O2/c1-4-16(22)19-14-7-5-12(2)15(9-14)20-17(23)8-6-13-10-18-21(3)11-13/h5-11H,4H2,1-3H3,(H,19,22)(H,20,23)/b8-6+. The zero-order chi connectivity index (χ0) is 16.8. The quantitative estimate of drug-likeness (QED) is 0.834. The Kier molecular flexibility index (Phi) is 5.30. The van der Waals surface area contributed by atoms with Gasteiger partial charge in [-0.3, -0.25) is 14.3 Å². The van der Waals surface area contributed by atoms with E-state index in [0.29, 0.717) is 17.8 Å². The number of amides is 2. The highest BCUT2D eigenvalue weighted by Gasteiger charge is 2.05. The zero-order valence-corrected chi connectivity index (χ0v) is 13.5. The second-order valence-corrected chi connectivity index (χ2v) is 5.20. The van der Waals surface area contributed by atoms with Crippen LogP contribution < -0.4 is 10.6 Å². The minimum Gasteiger partial charge on any atom is -0.326 e. The molecule has 0 unspecified atom stereocenters. The summed E-state index contributed by atoms with van der Waals surface area (Å²) in [5.41, 5.74) is 3.10. The first-order valence-corrected chi connectivity index (χ1v) is 7.36. The molecule has 2 N–H and O–H groups in total. The molecular weight excluding hydrogens is 292 g/mol. The number of hydrogen-bond donors (Lipinski definition) is 2. The van der Waals surface area contributed by atoms with E-state index in [4.69, 9.17) is 0 Å². The van der Waals surface area contributed by atoms with E-state index >= 15 is 0 Å². The number of carbonyl (C=O) groups excluding carboxylic acids is 2. The molecule has 0 spiro atoms. The molecule has 0 aliphatic carbocycles. The summed E-state index contributed by atoms with van der Waals surface area (Å²) in [5, 5.41) is 9.62. The predicted molar refractivity (Wildman–Crippen MR) is 91.0 cm³/mol. The molecule has 6 heteroatoms. The molecule has 0 aliphatic rings. The molecule has 0 bridgehead atoms. The molecule has 0 saturated heterocycles. The average molecular weight is 312 g/mol. The van der Waals surface area contributed by atoms with E-state index in [1.54, 1.807) is 29.9 Å². The van der Waals surface area contributed by atoms with Crippen molar-refractivity contribution in [2.75, 3.05) is 10.6 Å². The number of nitrogens with one attached hydrogen (secondary N) is 2. The summed E-state index contributed by atoms with van der Waals surface area (Å²) in [6, 6.07) is 5.41. The number of anilines is 2. The fraction of sp³-hybridized carbons (Fsp3) is 0.235. The average Bonchev–Trinajstić information content (AvgIpc) is 2.94. The summed E-state index contributed by atoms with van der Waals surface area (Å²) >= 11 is 0. The minimum absolute atomic E-state index is 0.0670. The van der Waals surface area contributed by atoms with Gasteiger partial charge in [0.25, 0.3) is 0 Å². The number of carbonyl (C=O) groups is 2. The third-order valence-corrected chi connectivity index (χ3v) is 3.25. The zero-order valence-electron chi connectivity index (χ0n) is 13.5. The van der Waals surface area contributed by atoms with E-state index in [1.807, 2.05) is 32.3 Å². The molecule has 120 valence electrons. The van der Waals surface area contributed by atoms with E-state index < -0.39 is 0 Å². The SMILES string of the molecule is CCC(=O)Nc1ccc(C)c(NC(=O)/C=C/c2cnn(C)c2)c1. The van der Waals surface area contributed by atoms with Crippen LogP contribution in [0.4, 0.5) is 11.4 Å². The van der Waals surface area contributed by atoms with Crippen molar-refractivity contribution < 1.29 is 9.59 Å². The smallest absolute Gasteiger partial charge is 0.248 e. The molecule has 0 saturated carbocycles. The van der Waals surface area contributed by atoms with Gasteiger partial charge in [0, 0.05) is 42.7 Å². The normalized spacial score (nSPS) is 10.7. The topological polar surface area (TPSA) is 76.0 Å².